The van der Waals surface area contributed by atoms with E-state index in [-0.39, 0.29) is 16.6 Å². The molecule has 0 radical (unpaired) electrons. The Labute approximate surface area is 120 Å². The summed E-state index contributed by atoms with van der Waals surface area (Å²) >= 11 is 5.79. The molecule has 1 aromatic rings. The molecule has 0 aliphatic rings. The van der Waals surface area contributed by atoms with E-state index in [4.69, 9.17) is 17.3 Å². The number of halogens is 1. The molecule has 1 unspecified atom stereocenters. The summed E-state index contributed by atoms with van der Waals surface area (Å²) in [5.74, 6) is 0.319. The van der Waals surface area contributed by atoms with Crippen molar-refractivity contribution in [3.8, 4) is 0 Å². The van der Waals surface area contributed by atoms with Gasteiger partial charge in [-0.15, -0.1) is 0 Å². The molecule has 19 heavy (non-hydrogen) atoms. The molecule has 0 saturated heterocycles. The SMILES string of the molecule is CCC(CC)C(C)NS(=O)(=O)c1ccc(Cl)c(N)c1. The van der Waals surface area contributed by atoms with Gasteiger partial charge in [-0.25, -0.2) is 13.1 Å². The quantitative estimate of drug-likeness (QED) is 0.793. The van der Waals surface area contributed by atoms with Crippen molar-refractivity contribution < 1.29 is 8.42 Å². The molecule has 108 valence electrons. The van der Waals surface area contributed by atoms with E-state index in [1.54, 1.807) is 0 Å². The average molecular weight is 305 g/mol. The van der Waals surface area contributed by atoms with Crippen LogP contribution in [0.2, 0.25) is 5.02 Å². The van der Waals surface area contributed by atoms with Gasteiger partial charge in [0.2, 0.25) is 10.0 Å². The molecule has 0 amide bonds. The van der Waals surface area contributed by atoms with Gasteiger partial charge in [0.05, 0.1) is 15.6 Å². The number of sulfonamides is 1. The van der Waals surface area contributed by atoms with Crippen molar-refractivity contribution in [3.05, 3.63) is 23.2 Å². The number of benzene rings is 1. The second-order valence-corrected chi connectivity index (χ2v) is 6.79. The Hall–Kier alpha value is -0.780. The molecular formula is C13H21ClN2O2S. The van der Waals surface area contributed by atoms with E-state index in [0.29, 0.717) is 10.9 Å². The smallest absolute Gasteiger partial charge is 0.240 e. The number of anilines is 1. The van der Waals surface area contributed by atoms with Crippen molar-refractivity contribution in [2.75, 3.05) is 5.73 Å². The van der Waals surface area contributed by atoms with Crippen LogP contribution >= 0.6 is 11.6 Å². The molecule has 0 saturated carbocycles. The summed E-state index contributed by atoms with van der Waals surface area (Å²) in [6, 6.07) is 4.22. The first-order chi connectivity index (χ1) is 8.81. The second-order valence-electron chi connectivity index (χ2n) is 4.67. The van der Waals surface area contributed by atoms with Gasteiger partial charge < -0.3 is 5.73 Å². The first-order valence-corrected chi connectivity index (χ1v) is 8.25. The summed E-state index contributed by atoms with van der Waals surface area (Å²) in [7, 11) is -3.55. The Kier molecular flexibility index (Phi) is 5.64. The Morgan fingerprint density at radius 3 is 2.37 bits per heavy atom. The molecule has 0 fully saturated rings. The van der Waals surface area contributed by atoms with Gasteiger partial charge in [-0.2, -0.15) is 0 Å². The molecule has 1 atom stereocenters. The number of hydrogen-bond acceptors (Lipinski definition) is 3. The number of hydrogen-bond donors (Lipinski definition) is 2. The molecule has 1 aromatic carbocycles. The van der Waals surface area contributed by atoms with Crippen molar-refractivity contribution in [3.63, 3.8) is 0 Å². The van der Waals surface area contributed by atoms with Crippen LogP contribution in [0.25, 0.3) is 0 Å². The topological polar surface area (TPSA) is 72.2 Å². The van der Waals surface area contributed by atoms with Crippen LogP contribution in [0.15, 0.2) is 23.1 Å². The minimum Gasteiger partial charge on any atom is -0.397 e. The van der Waals surface area contributed by atoms with E-state index in [0.717, 1.165) is 12.8 Å². The zero-order valence-corrected chi connectivity index (χ0v) is 13.1. The molecule has 0 aliphatic carbocycles. The monoisotopic (exact) mass is 304 g/mol. The van der Waals surface area contributed by atoms with Gasteiger partial charge in [0, 0.05) is 6.04 Å². The molecule has 0 spiro atoms. The van der Waals surface area contributed by atoms with Crippen molar-refractivity contribution in [1.29, 1.82) is 0 Å². The molecule has 6 heteroatoms. The Morgan fingerprint density at radius 2 is 1.89 bits per heavy atom. The molecule has 1 rings (SSSR count). The van der Waals surface area contributed by atoms with E-state index < -0.39 is 10.0 Å². The highest BCUT2D eigenvalue weighted by atomic mass is 35.5. The highest BCUT2D eigenvalue weighted by Gasteiger charge is 2.22. The third kappa shape index (κ3) is 4.09. The highest BCUT2D eigenvalue weighted by Crippen LogP contribution is 2.23. The average Bonchev–Trinajstić information content (AvgIpc) is 2.33. The molecule has 0 aromatic heterocycles. The van der Waals surface area contributed by atoms with E-state index >= 15 is 0 Å². The molecular weight excluding hydrogens is 284 g/mol. The largest absolute Gasteiger partial charge is 0.397 e. The van der Waals surface area contributed by atoms with Crippen LogP contribution in [-0.4, -0.2) is 14.5 Å². The molecule has 3 N–H and O–H groups in total. The maximum absolute atomic E-state index is 12.2. The maximum atomic E-state index is 12.2. The zero-order valence-electron chi connectivity index (χ0n) is 11.5. The predicted molar refractivity (Wildman–Crippen MR) is 79.7 cm³/mol. The number of nitrogen functional groups attached to an aromatic ring is 1. The van der Waals surface area contributed by atoms with Crippen molar-refractivity contribution in [2.45, 2.75) is 44.6 Å². The van der Waals surface area contributed by atoms with Crippen LogP contribution in [0.4, 0.5) is 5.69 Å². The second kappa shape index (κ2) is 6.59. The van der Waals surface area contributed by atoms with Crippen LogP contribution in [-0.2, 0) is 10.0 Å². The first-order valence-electron chi connectivity index (χ1n) is 6.39. The fraction of sp³-hybridized carbons (Fsp3) is 0.538. The van der Waals surface area contributed by atoms with E-state index in [2.05, 4.69) is 18.6 Å². The lowest BCUT2D eigenvalue weighted by Gasteiger charge is -2.22. The summed E-state index contributed by atoms with van der Waals surface area (Å²) in [5.41, 5.74) is 5.90. The summed E-state index contributed by atoms with van der Waals surface area (Å²) in [6.45, 7) is 5.99. The van der Waals surface area contributed by atoms with Gasteiger partial charge in [0.1, 0.15) is 0 Å². The van der Waals surface area contributed by atoms with Crippen LogP contribution in [0.1, 0.15) is 33.6 Å². The van der Waals surface area contributed by atoms with Crippen LogP contribution in [0, 0.1) is 5.92 Å². The van der Waals surface area contributed by atoms with Crippen molar-refractivity contribution >= 4 is 27.3 Å². The van der Waals surface area contributed by atoms with Gasteiger partial charge in [-0.3, -0.25) is 0 Å². The highest BCUT2D eigenvalue weighted by molar-refractivity contribution is 7.89. The summed E-state index contributed by atoms with van der Waals surface area (Å²) in [4.78, 5) is 0.146. The van der Waals surface area contributed by atoms with Crippen LogP contribution < -0.4 is 10.5 Å². The summed E-state index contributed by atoms with van der Waals surface area (Å²) in [5, 5.41) is 0.354. The van der Waals surface area contributed by atoms with Crippen LogP contribution in [0.3, 0.4) is 0 Å². The number of nitrogens with one attached hydrogen (secondary N) is 1. The molecule has 0 aliphatic heterocycles. The number of rotatable bonds is 6. The first kappa shape index (κ1) is 16.3. The normalized spacial score (nSPS) is 13.7. The van der Waals surface area contributed by atoms with E-state index in [1.165, 1.54) is 18.2 Å². The Balaban J connectivity index is 2.95. The molecule has 0 heterocycles. The van der Waals surface area contributed by atoms with Crippen LogP contribution in [0.5, 0.6) is 0 Å². The fourth-order valence-electron chi connectivity index (χ4n) is 2.09. The van der Waals surface area contributed by atoms with Gasteiger partial charge in [0.25, 0.3) is 0 Å². The predicted octanol–water partition coefficient (Wildman–Crippen LogP) is 3.03. The zero-order chi connectivity index (χ0) is 14.6. The third-order valence-corrected chi connectivity index (χ3v) is 5.28. The fourth-order valence-corrected chi connectivity index (χ4v) is 3.56. The summed E-state index contributed by atoms with van der Waals surface area (Å²) < 4.78 is 27.2. The summed E-state index contributed by atoms with van der Waals surface area (Å²) in [6.07, 6.45) is 1.87. The van der Waals surface area contributed by atoms with Crippen molar-refractivity contribution in [1.82, 2.24) is 4.72 Å². The van der Waals surface area contributed by atoms with Gasteiger partial charge in [-0.05, 0) is 31.0 Å². The third-order valence-electron chi connectivity index (χ3n) is 3.37. The lowest BCUT2D eigenvalue weighted by molar-refractivity contribution is 0.391. The maximum Gasteiger partial charge on any atom is 0.240 e. The van der Waals surface area contributed by atoms with Gasteiger partial charge in [-0.1, -0.05) is 38.3 Å². The number of nitrogens with two attached hydrogens (primary N) is 1. The minimum absolute atomic E-state index is 0.114. The minimum atomic E-state index is -3.55. The Morgan fingerprint density at radius 1 is 1.32 bits per heavy atom. The van der Waals surface area contributed by atoms with E-state index in [9.17, 15) is 8.42 Å². The molecule has 4 nitrogen and oxygen atoms in total. The van der Waals surface area contributed by atoms with Gasteiger partial charge in [0.15, 0.2) is 0 Å². The van der Waals surface area contributed by atoms with Crippen molar-refractivity contribution in [2.24, 2.45) is 5.92 Å². The lowest BCUT2D eigenvalue weighted by Crippen LogP contribution is -2.37. The van der Waals surface area contributed by atoms with Gasteiger partial charge >= 0.3 is 0 Å². The van der Waals surface area contributed by atoms with E-state index in [1.807, 2.05) is 6.92 Å². The molecule has 0 bridgehead atoms. The standard InChI is InChI=1S/C13H21ClN2O2S/c1-4-10(5-2)9(3)16-19(17,18)11-6-7-12(14)13(15)8-11/h6-10,16H,4-5,15H2,1-3H3. The Bertz CT molecular complexity index is 527. The lowest BCUT2D eigenvalue weighted by atomic mass is 9.96.